The van der Waals surface area contributed by atoms with Crippen molar-refractivity contribution in [3.63, 3.8) is 0 Å². The van der Waals surface area contributed by atoms with E-state index < -0.39 is 0 Å². The van der Waals surface area contributed by atoms with Gasteiger partial charge in [0.15, 0.2) is 0 Å². The fraction of sp³-hybridized carbons (Fsp3) is 0.105. The van der Waals surface area contributed by atoms with E-state index in [0.29, 0.717) is 5.02 Å². The van der Waals surface area contributed by atoms with E-state index in [1.54, 1.807) is 0 Å². The third kappa shape index (κ3) is 2.34. The van der Waals surface area contributed by atoms with Crippen molar-refractivity contribution in [2.75, 3.05) is 19.0 Å². The van der Waals surface area contributed by atoms with Crippen molar-refractivity contribution in [3.8, 4) is 11.4 Å². The van der Waals surface area contributed by atoms with E-state index >= 15 is 0 Å². The molecule has 0 aliphatic rings. The molecule has 23 heavy (non-hydrogen) atoms. The average Bonchev–Trinajstić information content (AvgIpc) is 2.96. The third-order valence-electron chi connectivity index (χ3n) is 4.08. The first-order valence-corrected chi connectivity index (χ1v) is 7.86. The van der Waals surface area contributed by atoms with Gasteiger partial charge in [0, 0.05) is 35.8 Å². The van der Waals surface area contributed by atoms with E-state index in [4.69, 9.17) is 16.6 Å². The van der Waals surface area contributed by atoms with Gasteiger partial charge < -0.3 is 9.88 Å². The molecule has 3 aromatic carbocycles. The molecule has 0 unspecified atom stereocenters. The Hall–Kier alpha value is -2.52. The van der Waals surface area contributed by atoms with Gasteiger partial charge in [0.25, 0.3) is 0 Å². The summed E-state index contributed by atoms with van der Waals surface area (Å²) in [5, 5.41) is 3.11. The molecular weight excluding hydrogens is 306 g/mol. The number of aromatic amines is 1. The molecule has 1 N–H and O–H groups in total. The molecule has 0 radical (unpaired) electrons. The summed E-state index contributed by atoms with van der Waals surface area (Å²) in [7, 11) is 4.12. The first kappa shape index (κ1) is 14.1. The van der Waals surface area contributed by atoms with Gasteiger partial charge in [0.2, 0.25) is 0 Å². The highest BCUT2D eigenvalue weighted by Crippen LogP contribution is 2.34. The summed E-state index contributed by atoms with van der Waals surface area (Å²) < 4.78 is 0. The van der Waals surface area contributed by atoms with Crippen LogP contribution >= 0.6 is 11.6 Å². The maximum Gasteiger partial charge on any atom is 0.139 e. The van der Waals surface area contributed by atoms with Gasteiger partial charge in [-0.3, -0.25) is 0 Å². The predicted octanol–water partition coefficient (Wildman–Crippen LogP) is 5.10. The minimum absolute atomic E-state index is 0.709. The normalized spacial score (nSPS) is 11.3. The van der Waals surface area contributed by atoms with Crippen molar-refractivity contribution in [2.24, 2.45) is 0 Å². The fourth-order valence-corrected chi connectivity index (χ4v) is 3.16. The summed E-state index contributed by atoms with van der Waals surface area (Å²) in [6.45, 7) is 0. The number of hydrogen-bond donors (Lipinski definition) is 1. The minimum Gasteiger partial charge on any atom is -0.377 e. The van der Waals surface area contributed by atoms with Crippen molar-refractivity contribution in [1.29, 1.82) is 0 Å². The van der Waals surface area contributed by atoms with Crippen LogP contribution in [-0.2, 0) is 0 Å². The number of nitrogens with zero attached hydrogens (tertiary/aromatic N) is 2. The van der Waals surface area contributed by atoms with Crippen LogP contribution in [0.2, 0.25) is 5.02 Å². The van der Waals surface area contributed by atoms with Crippen molar-refractivity contribution in [3.05, 3.63) is 59.6 Å². The first-order valence-electron chi connectivity index (χ1n) is 7.48. The van der Waals surface area contributed by atoms with Gasteiger partial charge in [-0.1, -0.05) is 35.9 Å². The first-order chi connectivity index (χ1) is 11.1. The second-order valence-corrected chi connectivity index (χ2v) is 6.26. The summed E-state index contributed by atoms with van der Waals surface area (Å²) in [5.74, 6) is 0.865. The highest BCUT2D eigenvalue weighted by Gasteiger charge is 2.12. The molecule has 0 fully saturated rings. The smallest absolute Gasteiger partial charge is 0.139 e. The highest BCUT2D eigenvalue weighted by molar-refractivity contribution is 6.31. The van der Waals surface area contributed by atoms with E-state index in [0.717, 1.165) is 22.4 Å². The lowest BCUT2D eigenvalue weighted by atomic mass is 10.0. The van der Waals surface area contributed by atoms with E-state index in [9.17, 15) is 0 Å². The molecule has 4 rings (SSSR count). The van der Waals surface area contributed by atoms with E-state index in [1.165, 1.54) is 16.5 Å². The van der Waals surface area contributed by atoms with Crippen LogP contribution in [0, 0.1) is 0 Å². The van der Waals surface area contributed by atoms with Crippen molar-refractivity contribution in [2.45, 2.75) is 0 Å². The Morgan fingerprint density at radius 3 is 2.52 bits per heavy atom. The molecule has 0 amide bonds. The predicted molar refractivity (Wildman–Crippen MR) is 98.4 cm³/mol. The number of aromatic nitrogens is 2. The van der Waals surface area contributed by atoms with Crippen molar-refractivity contribution < 1.29 is 0 Å². The zero-order valence-corrected chi connectivity index (χ0v) is 13.7. The zero-order chi connectivity index (χ0) is 16.0. The van der Waals surface area contributed by atoms with E-state index in [-0.39, 0.29) is 0 Å². The van der Waals surface area contributed by atoms with Crippen molar-refractivity contribution in [1.82, 2.24) is 9.97 Å². The van der Waals surface area contributed by atoms with Crippen LogP contribution in [-0.4, -0.2) is 24.1 Å². The quantitative estimate of drug-likeness (QED) is 0.557. The van der Waals surface area contributed by atoms with Gasteiger partial charge in [0.1, 0.15) is 5.82 Å². The molecule has 0 saturated carbocycles. The van der Waals surface area contributed by atoms with Gasteiger partial charge in [-0.15, -0.1) is 0 Å². The number of imidazole rings is 1. The number of rotatable bonds is 2. The summed E-state index contributed by atoms with van der Waals surface area (Å²) in [4.78, 5) is 10.2. The molecule has 4 heteroatoms. The lowest BCUT2D eigenvalue weighted by Crippen LogP contribution is -2.09. The van der Waals surface area contributed by atoms with Crippen LogP contribution in [0.3, 0.4) is 0 Å². The number of fused-ring (bicyclic) bond motifs is 2. The Balaban J connectivity index is 1.99. The number of halogens is 1. The van der Waals surface area contributed by atoms with E-state index in [1.807, 2.05) is 18.2 Å². The summed E-state index contributed by atoms with van der Waals surface area (Å²) in [5.41, 5.74) is 4.17. The van der Waals surface area contributed by atoms with Gasteiger partial charge in [-0.25, -0.2) is 4.98 Å². The topological polar surface area (TPSA) is 31.9 Å². The summed E-state index contributed by atoms with van der Waals surface area (Å²) >= 11 is 6.07. The average molecular weight is 322 g/mol. The lowest BCUT2D eigenvalue weighted by molar-refractivity contribution is 1.14. The zero-order valence-electron chi connectivity index (χ0n) is 13.0. The van der Waals surface area contributed by atoms with Crippen LogP contribution in [0.15, 0.2) is 54.6 Å². The maximum atomic E-state index is 6.07. The SMILES string of the molecule is CN(C)c1ccc(-c2nc3ccc(Cl)cc3[nH]2)c2ccccc12. The largest absolute Gasteiger partial charge is 0.377 e. The second kappa shape index (κ2) is 5.28. The van der Waals surface area contributed by atoms with Gasteiger partial charge in [0.05, 0.1) is 11.0 Å². The van der Waals surface area contributed by atoms with Crippen molar-refractivity contribution >= 4 is 39.1 Å². The molecule has 0 saturated heterocycles. The maximum absolute atomic E-state index is 6.07. The van der Waals surface area contributed by atoms with Gasteiger partial charge in [-0.2, -0.15) is 0 Å². The molecule has 1 aromatic heterocycles. The summed E-state index contributed by atoms with van der Waals surface area (Å²) in [6.07, 6.45) is 0. The van der Waals surface area contributed by atoms with Crippen LogP contribution in [0.25, 0.3) is 33.2 Å². The molecule has 0 aliphatic carbocycles. The molecule has 114 valence electrons. The Labute approximate surface area is 139 Å². The number of anilines is 1. The second-order valence-electron chi connectivity index (χ2n) is 5.82. The summed E-state index contributed by atoms with van der Waals surface area (Å²) in [6, 6.07) is 18.4. The Kier molecular flexibility index (Phi) is 3.24. The molecule has 0 spiro atoms. The lowest BCUT2D eigenvalue weighted by Gasteiger charge is -2.16. The van der Waals surface area contributed by atoms with Crippen LogP contribution < -0.4 is 4.90 Å². The third-order valence-corrected chi connectivity index (χ3v) is 4.32. The molecular formula is C19H16ClN3. The molecule has 3 nitrogen and oxygen atoms in total. The molecule has 0 aliphatic heterocycles. The van der Waals surface area contributed by atoms with Gasteiger partial charge >= 0.3 is 0 Å². The number of benzene rings is 3. The Bertz CT molecular complexity index is 1020. The van der Waals surface area contributed by atoms with Crippen LogP contribution in [0.5, 0.6) is 0 Å². The molecule has 4 aromatic rings. The fourth-order valence-electron chi connectivity index (χ4n) is 2.99. The highest BCUT2D eigenvalue weighted by atomic mass is 35.5. The standard InChI is InChI=1S/C19H16ClN3/c1-23(2)18-10-8-15(13-5-3-4-6-14(13)18)19-21-16-9-7-12(20)11-17(16)22-19/h3-11H,1-2H3,(H,21,22). The Morgan fingerprint density at radius 1 is 0.957 bits per heavy atom. The van der Waals surface area contributed by atoms with Crippen LogP contribution in [0.1, 0.15) is 0 Å². The van der Waals surface area contributed by atoms with Gasteiger partial charge in [-0.05, 0) is 35.7 Å². The molecule has 1 heterocycles. The van der Waals surface area contributed by atoms with E-state index in [2.05, 4.69) is 60.4 Å². The molecule has 0 atom stereocenters. The number of H-pyrrole nitrogens is 1. The Morgan fingerprint density at radius 2 is 1.74 bits per heavy atom. The number of nitrogens with one attached hydrogen (secondary N) is 1. The van der Waals surface area contributed by atoms with Crippen LogP contribution in [0.4, 0.5) is 5.69 Å². The minimum atomic E-state index is 0.709. The molecule has 0 bridgehead atoms. The monoisotopic (exact) mass is 321 g/mol. The number of hydrogen-bond acceptors (Lipinski definition) is 2.